The molecule has 0 spiro atoms. The van der Waals surface area contributed by atoms with Gasteiger partial charge in [0, 0.05) is 19.6 Å². The van der Waals surface area contributed by atoms with E-state index in [1.807, 2.05) is 18.9 Å². The zero-order valence-electron chi connectivity index (χ0n) is 14.3. The highest BCUT2D eigenvalue weighted by molar-refractivity contribution is 5.91. The maximum Gasteiger partial charge on any atom is 0.315 e. The van der Waals surface area contributed by atoms with Gasteiger partial charge in [-0.25, -0.2) is 4.79 Å². The van der Waals surface area contributed by atoms with Crippen molar-refractivity contribution < 1.29 is 9.59 Å². The van der Waals surface area contributed by atoms with E-state index < -0.39 is 5.54 Å². The van der Waals surface area contributed by atoms with E-state index in [-0.39, 0.29) is 24.3 Å². The molecule has 6 nitrogen and oxygen atoms in total. The lowest BCUT2D eigenvalue weighted by Crippen LogP contribution is -2.61. The summed E-state index contributed by atoms with van der Waals surface area (Å²) in [7, 11) is 1.97. The number of likely N-dealkylation sites (tertiary alicyclic amines) is 1. The fraction of sp³-hybridized carbons (Fsp3) is 0.875. The Labute approximate surface area is 145 Å². The van der Waals surface area contributed by atoms with E-state index >= 15 is 0 Å². The van der Waals surface area contributed by atoms with Crippen molar-refractivity contribution in [2.45, 2.75) is 51.0 Å². The SMILES string of the molecule is CCNC(=O)NC1(C(=O)N2CCC(CNC)CC2)CCCC1.Cl. The van der Waals surface area contributed by atoms with E-state index in [0.717, 1.165) is 58.2 Å². The molecule has 7 heteroatoms. The molecule has 0 radical (unpaired) electrons. The predicted molar refractivity (Wildman–Crippen MR) is 93.9 cm³/mol. The molecule has 0 aromatic carbocycles. The first-order chi connectivity index (χ1) is 10.6. The molecular weight excluding hydrogens is 316 g/mol. The molecule has 0 aromatic rings. The van der Waals surface area contributed by atoms with E-state index in [1.54, 1.807) is 0 Å². The molecule has 1 aliphatic carbocycles. The van der Waals surface area contributed by atoms with Gasteiger partial charge in [-0.05, 0) is 52.1 Å². The largest absolute Gasteiger partial charge is 0.341 e. The van der Waals surface area contributed by atoms with Gasteiger partial charge in [0.2, 0.25) is 5.91 Å². The quantitative estimate of drug-likeness (QED) is 0.706. The molecule has 0 bridgehead atoms. The molecule has 134 valence electrons. The maximum atomic E-state index is 13.0. The molecule has 0 unspecified atom stereocenters. The van der Waals surface area contributed by atoms with Crippen LogP contribution in [-0.2, 0) is 4.79 Å². The predicted octanol–water partition coefficient (Wildman–Crippen LogP) is 1.50. The van der Waals surface area contributed by atoms with Crippen molar-refractivity contribution in [1.29, 1.82) is 0 Å². The van der Waals surface area contributed by atoms with E-state index in [9.17, 15) is 9.59 Å². The van der Waals surface area contributed by atoms with E-state index in [1.165, 1.54) is 0 Å². The van der Waals surface area contributed by atoms with Gasteiger partial charge in [0.05, 0.1) is 0 Å². The molecule has 1 saturated carbocycles. The molecule has 1 heterocycles. The van der Waals surface area contributed by atoms with Gasteiger partial charge < -0.3 is 20.9 Å². The lowest BCUT2D eigenvalue weighted by atomic mass is 9.91. The number of halogens is 1. The monoisotopic (exact) mass is 346 g/mol. The van der Waals surface area contributed by atoms with Gasteiger partial charge in [0.15, 0.2) is 0 Å². The minimum atomic E-state index is -0.672. The Morgan fingerprint density at radius 1 is 1.17 bits per heavy atom. The Morgan fingerprint density at radius 3 is 2.30 bits per heavy atom. The van der Waals surface area contributed by atoms with Crippen molar-refractivity contribution in [2.24, 2.45) is 5.92 Å². The third-order valence-corrected chi connectivity index (χ3v) is 4.95. The standard InChI is InChI=1S/C16H30N4O2.ClH/c1-3-18-15(22)19-16(8-4-5-9-16)14(21)20-10-6-13(7-11-20)12-17-2;/h13,17H,3-12H2,1-2H3,(H2,18,19,22);1H. The zero-order valence-corrected chi connectivity index (χ0v) is 15.1. The van der Waals surface area contributed by atoms with Gasteiger partial charge in [-0.2, -0.15) is 0 Å². The summed E-state index contributed by atoms with van der Waals surface area (Å²) in [4.78, 5) is 26.9. The first-order valence-corrected chi connectivity index (χ1v) is 8.61. The molecule has 3 amide bonds. The van der Waals surface area contributed by atoms with Crippen molar-refractivity contribution in [3.63, 3.8) is 0 Å². The van der Waals surface area contributed by atoms with Crippen LogP contribution in [0.3, 0.4) is 0 Å². The second-order valence-corrected chi connectivity index (χ2v) is 6.57. The lowest BCUT2D eigenvalue weighted by Gasteiger charge is -2.38. The van der Waals surface area contributed by atoms with Crippen LogP contribution in [0, 0.1) is 5.92 Å². The topological polar surface area (TPSA) is 73.5 Å². The second-order valence-electron chi connectivity index (χ2n) is 6.57. The van der Waals surface area contributed by atoms with Crippen molar-refractivity contribution in [3.8, 4) is 0 Å². The van der Waals surface area contributed by atoms with Gasteiger partial charge in [0.25, 0.3) is 0 Å². The van der Waals surface area contributed by atoms with Crippen molar-refractivity contribution in [2.75, 3.05) is 33.2 Å². The first-order valence-electron chi connectivity index (χ1n) is 8.61. The van der Waals surface area contributed by atoms with Crippen LogP contribution in [0.2, 0.25) is 0 Å². The average molecular weight is 347 g/mol. The van der Waals surface area contributed by atoms with Crippen molar-refractivity contribution >= 4 is 24.3 Å². The molecule has 2 rings (SSSR count). The Bertz CT molecular complexity index is 392. The van der Waals surface area contributed by atoms with Gasteiger partial charge in [-0.15, -0.1) is 12.4 Å². The Morgan fingerprint density at radius 2 is 1.78 bits per heavy atom. The summed E-state index contributed by atoms with van der Waals surface area (Å²) in [6, 6.07) is -0.220. The molecule has 1 saturated heterocycles. The highest BCUT2D eigenvalue weighted by atomic mass is 35.5. The van der Waals surface area contributed by atoms with E-state index in [2.05, 4.69) is 16.0 Å². The number of hydrogen-bond acceptors (Lipinski definition) is 3. The Hall–Kier alpha value is -1.01. The Balaban J connectivity index is 0.00000264. The van der Waals surface area contributed by atoms with Gasteiger partial charge >= 0.3 is 6.03 Å². The van der Waals surface area contributed by atoms with E-state index in [0.29, 0.717) is 12.5 Å². The number of piperidine rings is 1. The van der Waals surface area contributed by atoms with Crippen LogP contribution in [0.5, 0.6) is 0 Å². The van der Waals surface area contributed by atoms with E-state index in [4.69, 9.17) is 0 Å². The first kappa shape index (κ1) is 20.0. The summed E-state index contributed by atoms with van der Waals surface area (Å²) in [5.74, 6) is 0.782. The summed E-state index contributed by atoms with van der Waals surface area (Å²) in [6.45, 7) is 5.10. The molecule has 23 heavy (non-hydrogen) atoms. The number of nitrogens with zero attached hydrogens (tertiary/aromatic N) is 1. The van der Waals surface area contributed by atoms with Crippen LogP contribution in [-0.4, -0.2) is 55.6 Å². The van der Waals surface area contributed by atoms with Crippen molar-refractivity contribution in [3.05, 3.63) is 0 Å². The number of nitrogens with one attached hydrogen (secondary N) is 3. The average Bonchev–Trinajstić information content (AvgIpc) is 2.97. The minimum Gasteiger partial charge on any atom is -0.341 e. The molecular formula is C16H31ClN4O2. The minimum absolute atomic E-state index is 0. The summed E-state index contributed by atoms with van der Waals surface area (Å²) in [5, 5.41) is 8.94. The number of amides is 3. The third-order valence-electron chi connectivity index (χ3n) is 4.95. The maximum absolute atomic E-state index is 13.0. The second kappa shape index (κ2) is 9.33. The smallest absolute Gasteiger partial charge is 0.315 e. The summed E-state index contributed by atoms with van der Waals surface area (Å²) < 4.78 is 0. The van der Waals surface area contributed by atoms with Crippen LogP contribution in [0.4, 0.5) is 4.79 Å². The number of carbonyl (C=O) groups is 2. The number of hydrogen-bond donors (Lipinski definition) is 3. The fourth-order valence-corrected chi connectivity index (χ4v) is 3.72. The van der Waals surface area contributed by atoms with Gasteiger partial charge in [-0.3, -0.25) is 4.79 Å². The molecule has 3 N–H and O–H groups in total. The van der Waals surface area contributed by atoms with Crippen LogP contribution < -0.4 is 16.0 Å². The van der Waals surface area contributed by atoms with Crippen LogP contribution in [0.25, 0.3) is 0 Å². The van der Waals surface area contributed by atoms with Crippen LogP contribution >= 0.6 is 12.4 Å². The summed E-state index contributed by atoms with van der Waals surface area (Å²) in [5.41, 5.74) is -0.672. The highest BCUT2D eigenvalue weighted by Gasteiger charge is 2.45. The molecule has 2 fully saturated rings. The fourth-order valence-electron chi connectivity index (χ4n) is 3.72. The molecule has 1 aliphatic heterocycles. The Kier molecular flexibility index (Phi) is 8.12. The van der Waals surface area contributed by atoms with Gasteiger partial charge in [-0.1, -0.05) is 12.8 Å². The normalized spacial score (nSPS) is 20.7. The number of urea groups is 1. The van der Waals surface area contributed by atoms with Crippen molar-refractivity contribution in [1.82, 2.24) is 20.9 Å². The highest BCUT2D eigenvalue weighted by Crippen LogP contribution is 2.32. The van der Waals surface area contributed by atoms with Crippen LogP contribution in [0.1, 0.15) is 45.4 Å². The third kappa shape index (κ3) is 4.98. The number of rotatable bonds is 5. The lowest BCUT2D eigenvalue weighted by molar-refractivity contribution is -0.139. The number of carbonyl (C=O) groups excluding carboxylic acids is 2. The summed E-state index contributed by atoms with van der Waals surface area (Å²) >= 11 is 0. The summed E-state index contributed by atoms with van der Waals surface area (Å²) in [6.07, 6.45) is 5.63. The molecule has 0 aromatic heterocycles. The molecule has 0 atom stereocenters. The van der Waals surface area contributed by atoms with Crippen LogP contribution in [0.15, 0.2) is 0 Å². The van der Waals surface area contributed by atoms with Gasteiger partial charge in [0.1, 0.15) is 5.54 Å². The zero-order chi connectivity index (χ0) is 16.0. The molecule has 2 aliphatic rings.